The molecular formula is C14H16F4N2O. The minimum atomic E-state index is -4.58. The zero-order chi connectivity index (χ0) is 15.7. The zero-order valence-electron chi connectivity index (χ0n) is 11.5. The van der Waals surface area contributed by atoms with Crippen molar-refractivity contribution in [1.82, 2.24) is 5.32 Å². The van der Waals surface area contributed by atoms with E-state index in [-0.39, 0.29) is 0 Å². The molecule has 1 aliphatic heterocycles. The first-order chi connectivity index (χ1) is 9.72. The van der Waals surface area contributed by atoms with Crippen molar-refractivity contribution in [3.8, 4) is 0 Å². The molecule has 1 atom stereocenters. The fourth-order valence-electron chi connectivity index (χ4n) is 2.32. The highest BCUT2D eigenvalue weighted by Crippen LogP contribution is 2.33. The molecule has 1 saturated heterocycles. The largest absolute Gasteiger partial charge is 0.416 e. The lowest BCUT2D eigenvalue weighted by molar-refractivity contribution is -0.137. The van der Waals surface area contributed by atoms with E-state index in [2.05, 4.69) is 10.6 Å². The summed E-state index contributed by atoms with van der Waals surface area (Å²) in [5, 5.41) is 5.34. The van der Waals surface area contributed by atoms with Gasteiger partial charge in [0.1, 0.15) is 5.82 Å². The summed E-state index contributed by atoms with van der Waals surface area (Å²) in [5.74, 6) is -1.36. The number of hydrogen-bond acceptors (Lipinski definition) is 2. The van der Waals surface area contributed by atoms with E-state index in [1.807, 2.05) is 0 Å². The molecule has 1 heterocycles. The van der Waals surface area contributed by atoms with E-state index in [4.69, 9.17) is 0 Å². The Labute approximate surface area is 119 Å². The third-order valence-electron chi connectivity index (χ3n) is 3.69. The first kappa shape index (κ1) is 15.8. The van der Waals surface area contributed by atoms with E-state index in [9.17, 15) is 22.4 Å². The van der Waals surface area contributed by atoms with E-state index in [1.54, 1.807) is 6.92 Å². The Kier molecular flexibility index (Phi) is 4.22. The molecule has 1 aromatic rings. The number of carbonyl (C=O) groups excluding carboxylic acids is 1. The predicted octanol–water partition coefficient (Wildman–Crippen LogP) is 3.17. The molecule has 0 radical (unpaired) electrons. The highest BCUT2D eigenvalue weighted by molar-refractivity contribution is 5.95. The Bertz CT molecular complexity index is 536. The van der Waals surface area contributed by atoms with Crippen molar-refractivity contribution in [2.45, 2.75) is 25.9 Å². The predicted molar refractivity (Wildman–Crippen MR) is 70.2 cm³/mol. The number of anilines is 1. The summed E-state index contributed by atoms with van der Waals surface area (Å²) in [6.45, 7) is 2.92. The lowest BCUT2D eigenvalue weighted by Crippen LogP contribution is -2.46. The minimum absolute atomic E-state index is 0.416. The zero-order valence-corrected chi connectivity index (χ0v) is 11.5. The third kappa shape index (κ3) is 3.53. The van der Waals surface area contributed by atoms with Gasteiger partial charge in [0.05, 0.1) is 16.7 Å². The summed E-state index contributed by atoms with van der Waals surface area (Å²) in [6.07, 6.45) is -3.19. The standard InChI is InChI=1S/C14H16F4N2O/c1-13(5-2-6-19-8-13)12(21)20-11-7-9(14(16,17)18)3-4-10(11)15/h3-4,7,19H,2,5-6,8H2,1H3,(H,20,21). The SMILES string of the molecule is CC1(C(=O)Nc2cc(C(F)(F)F)ccc2F)CCCNC1. The number of halogens is 4. The number of piperidine rings is 1. The molecule has 0 aliphatic carbocycles. The summed E-state index contributed by atoms with van der Waals surface area (Å²) >= 11 is 0. The molecule has 1 aliphatic rings. The molecule has 2 N–H and O–H groups in total. The Balaban J connectivity index is 2.20. The Morgan fingerprint density at radius 2 is 2.10 bits per heavy atom. The van der Waals surface area contributed by atoms with Gasteiger partial charge in [0.2, 0.25) is 5.91 Å². The van der Waals surface area contributed by atoms with Crippen molar-refractivity contribution in [2.24, 2.45) is 5.41 Å². The molecule has 1 unspecified atom stereocenters. The molecule has 3 nitrogen and oxygen atoms in total. The van der Waals surface area contributed by atoms with Crippen molar-refractivity contribution in [1.29, 1.82) is 0 Å². The second-order valence-electron chi connectivity index (χ2n) is 5.49. The van der Waals surface area contributed by atoms with Crippen molar-refractivity contribution in [3.63, 3.8) is 0 Å². The molecule has 0 aromatic heterocycles. The van der Waals surface area contributed by atoms with Gasteiger partial charge in [-0.15, -0.1) is 0 Å². The summed E-state index contributed by atoms with van der Waals surface area (Å²) < 4.78 is 51.5. The van der Waals surface area contributed by atoms with Gasteiger partial charge in [-0.3, -0.25) is 4.79 Å². The summed E-state index contributed by atoms with van der Waals surface area (Å²) in [5.41, 5.74) is -2.19. The van der Waals surface area contributed by atoms with Crippen LogP contribution in [0.1, 0.15) is 25.3 Å². The van der Waals surface area contributed by atoms with Crippen LogP contribution in [-0.4, -0.2) is 19.0 Å². The molecule has 0 spiro atoms. The fourth-order valence-corrected chi connectivity index (χ4v) is 2.32. The van der Waals surface area contributed by atoms with Gasteiger partial charge in [0, 0.05) is 6.54 Å². The smallest absolute Gasteiger partial charge is 0.323 e. The van der Waals surface area contributed by atoms with Crippen LogP contribution in [0, 0.1) is 11.2 Å². The van der Waals surface area contributed by atoms with Gasteiger partial charge < -0.3 is 10.6 Å². The lowest BCUT2D eigenvalue weighted by atomic mass is 9.82. The molecule has 0 bridgehead atoms. The van der Waals surface area contributed by atoms with E-state index in [0.29, 0.717) is 31.2 Å². The van der Waals surface area contributed by atoms with E-state index in [1.165, 1.54) is 0 Å². The van der Waals surface area contributed by atoms with Crippen molar-refractivity contribution in [3.05, 3.63) is 29.6 Å². The number of rotatable bonds is 2. The van der Waals surface area contributed by atoms with Crippen LogP contribution in [-0.2, 0) is 11.0 Å². The van der Waals surface area contributed by atoms with Crippen LogP contribution in [0.3, 0.4) is 0 Å². The van der Waals surface area contributed by atoms with Gasteiger partial charge in [-0.25, -0.2) is 4.39 Å². The number of hydrogen-bond donors (Lipinski definition) is 2. The summed E-state index contributed by atoms with van der Waals surface area (Å²) in [6, 6.07) is 1.97. The first-order valence-corrected chi connectivity index (χ1v) is 6.61. The minimum Gasteiger partial charge on any atom is -0.323 e. The van der Waals surface area contributed by atoms with Crippen LogP contribution < -0.4 is 10.6 Å². The summed E-state index contributed by atoms with van der Waals surface area (Å²) in [4.78, 5) is 12.2. The van der Waals surface area contributed by atoms with Gasteiger partial charge in [-0.1, -0.05) is 0 Å². The van der Waals surface area contributed by atoms with Crippen LogP contribution in [0.2, 0.25) is 0 Å². The average molecular weight is 304 g/mol. The molecule has 1 amide bonds. The molecule has 7 heteroatoms. The van der Waals surface area contributed by atoms with Gasteiger partial charge >= 0.3 is 6.18 Å². The topological polar surface area (TPSA) is 41.1 Å². The van der Waals surface area contributed by atoms with Crippen LogP contribution in [0.4, 0.5) is 23.2 Å². The highest BCUT2D eigenvalue weighted by Gasteiger charge is 2.36. The number of carbonyl (C=O) groups is 1. The molecule has 1 aromatic carbocycles. The molecular weight excluding hydrogens is 288 g/mol. The Morgan fingerprint density at radius 1 is 1.38 bits per heavy atom. The second kappa shape index (κ2) is 5.63. The summed E-state index contributed by atoms with van der Waals surface area (Å²) in [7, 11) is 0. The normalized spacial score (nSPS) is 22.9. The van der Waals surface area contributed by atoms with Gasteiger partial charge in [0.15, 0.2) is 0 Å². The fraction of sp³-hybridized carbons (Fsp3) is 0.500. The molecule has 0 saturated carbocycles. The maximum absolute atomic E-state index is 13.6. The first-order valence-electron chi connectivity index (χ1n) is 6.61. The lowest BCUT2D eigenvalue weighted by Gasteiger charge is -2.32. The molecule has 21 heavy (non-hydrogen) atoms. The van der Waals surface area contributed by atoms with Gasteiger partial charge in [-0.2, -0.15) is 13.2 Å². The number of alkyl halides is 3. The van der Waals surface area contributed by atoms with Crippen LogP contribution >= 0.6 is 0 Å². The van der Waals surface area contributed by atoms with Crippen molar-refractivity contribution < 1.29 is 22.4 Å². The number of nitrogens with one attached hydrogen (secondary N) is 2. The van der Waals surface area contributed by atoms with Crippen LogP contribution in [0.15, 0.2) is 18.2 Å². The monoisotopic (exact) mass is 304 g/mol. The van der Waals surface area contributed by atoms with Gasteiger partial charge in [0.25, 0.3) is 0 Å². The third-order valence-corrected chi connectivity index (χ3v) is 3.69. The maximum Gasteiger partial charge on any atom is 0.416 e. The van der Waals surface area contributed by atoms with Crippen molar-refractivity contribution >= 4 is 11.6 Å². The molecule has 1 fully saturated rings. The number of benzene rings is 1. The Hall–Kier alpha value is -1.63. The van der Waals surface area contributed by atoms with Crippen molar-refractivity contribution in [2.75, 3.05) is 18.4 Å². The second-order valence-corrected chi connectivity index (χ2v) is 5.49. The molecule has 2 rings (SSSR count). The van der Waals surface area contributed by atoms with Crippen LogP contribution in [0.5, 0.6) is 0 Å². The van der Waals surface area contributed by atoms with E-state index < -0.39 is 34.6 Å². The van der Waals surface area contributed by atoms with E-state index >= 15 is 0 Å². The van der Waals surface area contributed by atoms with E-state index in [0.717, 1.165) is 13.0 Å². The maximum atomic E-state index is 13.6. The number of amides is 1. The Morgan fingerprint density at radius 3 is 2.67 bits per heavy atom. The van der Waals surface area contributed by atoms with Gasteiger partial charge in [-0.05, 0) is 44.5 Å². The molecule has 116 valence electrons. The quantitative estimate of drug-likeness (QED) is 0.824. The highest BCUT2D eigenvalue weighted by atomic mass is 19.4. The van der Waals surface area contributed by atoms with Crippen LogP contribution in [0.25, 0.3) is 0 Å². The average Bonchev–Trinajstić information content (AvgIpc) is 2.40.